The van der Waals surface area contributed by atoms with Crippen molar-refractivity contribution in [3.63, 3.8) is 0 Å². The third-order valence-corrected chi connectivity index (χ3v) is 4.55. The molecule has 126 valence electrons. The number of halogens is 1. The molecule has 0 bridgehead atoms. The molecule has 0 atom stereocenters. The highest BCUT2D eigenvalue weighted by Crippen LogP contribution is 2.34. The molecule has 2 aromatic heterocycles. The highest BCUT2D eigenvalue weighted by Gasteiger charge is 2.33. The molecule has 0 saturated carbocycles. The van der Waals surface area contributed by atoms with Gasteiger partial charge in [0.25, 0.3) is 0 Å². The number of aryl methyl sites for hydroxylation is 1. The number of benzene rings is 2. The van der Waals surface area contributed by atoms with Gasteiger partial charge < -0.3 is 9.67 Å². The van der Waals surface area contributed by atoms with E-state index < -0.39 is 17.3 Å². The van der Waals surface area contributed by atoms with Crippen LogP contribution in [0.5, 0.6) is 0 Å². The average Bonchev–Trinajstić information content (AvgIpc) is 2.86. The molecule has 4 rings (SSSR count). The van der Waals surface area contributed by atoms with Gasteiger partial charge in [0.1, 0.15) is 16.9 Å². The molecule has 0 aliphatic heterocycles. The molecule has 0 fully saturated rings. The molecule has 4 aromatic rings. The fourth-order valence-electron chi connectivity index (χ4n) is 3.16. The Morgan fingerprint density at radius 2 is 1.88 bits per heavy atom. The zero-order chi connectivity index (χ0) is 17.9. The van der Waals surface area contributed by atoms with Crippen LogP contribution in [0.1, 0.15) is 19.4 Å². The molecule has 5 nitrogen and oxygen atoms in total. The lowest BCUT2D eigenvalue weighted by Crippen LogP contribution is -2.35. The summed E-state index contributed by atoms with van der Waals surface area (Å²) in [6, 6.07) is 9.97. The number of aromatic nitrogens is 3. The average molecular weight is 337 g/mol. The predicted octanol–water partition coefficient (Wildman–Crippen LogP) is 4.00. The van der Waals surface area contributed by atoms with Crippen LogP contribution >= 0.6 is 0 Å². The van der Waals surface area contributed by atoms with E-state index in [1.165, 1.54) is 12.1 Å². The van der Waals surface area contributed by atoms with Crippen molar-refractivity contribution in [2.45, 2.75) is 26.3 Å². The van der Waals surface area contributed by atoms with Gasteiger partial charge in [0.05, 0.1) is 16.6 Å². The Kier molecular flexibility index (Phi) is 3.09. The van der Waals surface area contributed by atoms with Gasteiger partial charge >= 0.3 is 5.97 Å². The number of hydrogen-bond donors (Lipinski definition) is 1. The standard InChI is InChI=1S/C19H16FN3O2/c1-10-4-6-13-14(8-10)22-17-16(21-13)12-9-11(20)5-7-15(12)23(17)19(2,3)18(24)25/h4-9H,1-3H3,(H,24,25). The molecule has 6 heteroatoms. The Morgan fingerprint density at radius 1 is 1.12 bits per heavy atom. The minimum atomic E-state index is -1.26. The van der Waals surface area contributed by atoms with Gasteiger partial charge in [-0.15, -0.1) is 0 Å². The summed E-state index contributed by atoms with van der Waals surface area (Å²) in [6.07, 6.45) is 0. The Balaban J connectivity index is 2.25. The number of carboxylic acids is 1. The van der Waals surface area contributed by atoms with Gasteiger partial charge in [0.15, 0.2) is 5.65 Å². The fourth-order valence-corrected chi connectivity index (χ4v) is 3.16. The van der Waals surface area contributed by atoms with Crippen molar-refractivity contribution in [2.24, 2.45) is 0 Å². The molecule has 0 unspecified atom stereocenters. The Labute approximate surface area is 142 Å². The molecule has 0 spiro atoms. The maximum Gasteiger partial charge on any atom is 0.329 e. The molecule has 1 N–H and O–H groups in total. The van der Waals surface area contributed by atoms with Gasteiger partial charge in [0.2, 0.25) is 0 Å². The van der Waals surface area contributed by atoms with Crippen molar-refractivity contribution in [3.05, 3.63) is 47.8 Å². The summed E-state index contributed by atoms with van der Waals surface area (Å²) >= 11 is 0. The van der Waals surface area contributed by atoms with Crippen LogP contribution in [0.15, 0.2) is 36.4 Å². The summed E-state index contributed by atoms with van der Waals surface area (Å²) in [4.78, 5) is 21.2. The lowest BCUT2D eigenvalue weighted by atomic mass is 10.1. The molecule has 0 aliphatic carbocycles. The number of nitrogens with zero attached hydrogens (tertiary/aromatic N) is 3. The van der Waals surface area contributed by atoms with E-state index in [2.05, 4.69) is 9.97 Å². The number of carboxylic acid groups (broad SMARTS) is 1. The van der Waals surface area contributed by atoms with E-state index in [9.17, 15) is 14.3 Å². The normalized spacial score (nSPS) is 12.3. The second-order valence-electron chi connectivity index (χ2n) is 6.75. The van der Waals surface area contributed by atoms with Crippen LogP contribution in [0.25, 0.3) is 33.1 Å². The van der Waals surface area contributed by atoms with Crippen molar-refractivity contribution in [3.8, 4) is 0 Å². The fraction of sp³-hybridized carbons (Fsp3) is 0.211. The summed E-state index contributed by atoms with van der Waals surface area (Å²) in [6.45, 7) is 5.15. The minimum Gasteiger partial charge on any atom is -0.480 e. The highest BCUT2D eigenvalue weighted by atomic mass is 19.1. The molecule has 25 heavy (non-hydrogen) atoms. The van der Waals surface area contributed by atoms with Crippen molar-refractivity contribution in [1.82, 2.24) is 14.5 Å². The third-order valence-electron chi connectivity index (χ3n) is 4.55. The largest absolute Gasteiger partial charge is 0.480 e. The second-order valence-corrected chi connectivity index (χ2v) is 6.75. The van der Waals surface area contributed by atoms with Gasteiger partial charge in [-0.3, -0.25) is 0 Å². The highest BCUT2D eigenvalue weighted by molar-refractivity contribution is 6.07. The summed E-state index contributed by atoms with van der Waals surface area (Å²) < 4.78 is 15.4. The smallest absolute Gasteiger partial charge is 0.329 e. The van der Waals surface area contributed by atoms with Crippen LogP contribution in [0, 0.1) is 12.7 Å². The Morgan fingerprint density at radius 3 is 2.60 bits per heavy atom. The van der Waals surface area contributed by atoms with Crippen molar-refractivity contribution >= 4 is 39.1 Å². The lowest BCUT2D eigenvalue weighted by molar-refractivity contribution is -0.145. The van der Waals surface area contributed by atoms with Crippen LogP contribution in [0.3, 0.4) is 0 Å². The van der Waals surface area contributed by atoms with Crippen molar-refractivity contribution < 1.29 is 14.3 Å². The van der Waals surface area contributed by atoms with E-state index in [1.807, 2.05) is 25.1 Å². The van der Waals surface area contributed by atoms with Crippen LogP contribution in [0.4, 0.5) is 4.39 Å². The SMILES string of the molecule is Cc1ccc2nc3c4cc(F)ccc4n(C(C)(C)C(=O)O)c3nc2c1. The molecule has 0 radical (unpaired) electrons. The van der Waals surface area contributed by atoms with Gasteiger partial charge in [0, 0.05) is 5.39 Å². The van der Waals surface area contributed by atoms with Gasteiger partial charge in [-0.05, 0) is 56.7 Å². The number of fused-ring (bicyclic) bond motifs is 4. The zero-order valence-corrected chi connectivity index (χ0v) is 14.0. The van der Waals surface area contributed by atoms with Crippen LogP contribution < -0.4 is 0 Å². The van der Waals surface area contributed by atoms with E-state index in [4.69, 9.17) is 0 Å². The van der Waals surface area contributed by atoms with Crippen molar-refractivity contribution in [1.29, 1.82) is 0 Å². The van der Waals surface area contributed by atoms with Gasteiger partial charge in [-0.1, -0.05) is 6.07 Å². The Hall–Kier alpha value is -3.02. The van der Waals surface area contributed by atoms with E-state index in [-0.39, 0.29) is 0 Å². The molecule has 0 aliphatic rings. The number of hydrogen-bond acceptors (Lipinski definition) is 3. The lowest BCUT2D eigenvalue weighted by Gasteiger charge is -2.23. The summed E-state index contributed by atoms with van der Waals surface area (Å²) in [5.41, 5.74) is 2.67. The topological polar surface area (TPSA) is 68.0 Å². The number of aliphatic carboxylic acids is 1. The maximum atomic E-state index is 13.8. The molecule has 2 heterocycles. The van der Waals surface area contributed by atoms with Crippen LogP contribution in [-0.2, 0) is 10.3 Å². The van der Waals surface area contributed by atoms with E-state index >= 15 is 0 Å². The summed E-state index contributed by atoms with van der Waals surface area (Å²) in [5, 5.41) is 10.3. The van der Waals surface area contributed by atoms with Gasteiger partial charge in [-0.2, -0.15) is 0 Å². The first-order chi connectivity index (χ1) is 11.8. The summed E-state index contributed by atoms with van der Waals surface area (Å²) in [7, 11) is 0. The van der Waals surface area contributed by atoms with E-state index in [0.717, 1.165) is 5.56 Å². The van der Waals surface area contributed by atoms with E-state index in [1.54, 1.807) is 24.5 Å². The monoisotopic (exact) mass is 337 g/mol. The van der Waals surface area contributed by atoms with Gasteiger partial charge in [-0.25, -0.2) is 19.2 Å². The molecular formula is C19H16FN3O2. The first-order valence-corrected chi connectivity index (χ1v) is 7.91. The van der Waals surface area contributed by atoms with E-state index in [0.29, 0.717) is 33.1 Å². The number of rotatable bonds is 2. The quantitative estimate of drug-likeness (QED) is 0.600. The molecule has 2 aromatic carbocycles. The van der Waals surface area contributed by atoms with Crippen LogP contribution in [0.2, 0.25) is 0 Å². The Bertz CT molecular complexity index is 1180. The second kappa shape index (κ2) is 4.99. The first-order valence-electron chi connectivity index (χ1n) is 7.91. The zero-order valence-electron chi connectivity index (χ0n) is 14.0. The first kappa shape index (κ1) is 15.5. The molecular weight excluding hydrogens is 321 g/mol. The minimum absolute atomic E-state index is 0.398. The van der Waals surface area contributed by atoms with Crippen molar-refractivity contribution in [2.75, 3.05) is 0 Å². The summed E-state index contributed by atoms with van der Waals surface area (Å²) in [5.74, 6) is -1.40. The molecule has 0 amide bonds. The molecule has 0 saturated heterocycles. The van der Waals surface area contributed by atoms with Crippen LogP contribution in [-0.4, -0.2) is 25.6 Å². The predicted molar refractivity (Wildman–Crippen MR) is 94.2 cm³/mol. The maximum absolute atomic E-state index is 13.8. The number of carbonyl (C=O) groups is 1. The third kappa shape index (κ3) is 2.17.